The molecule has 1 amide bonds. The van der Waals surface area contributed by atoms with Crippen LogP contribution in [0.2, 0.25) is 0 Å². The van der Waals surface area contributed by atoms with Gasteiger partial charge in [0.25, 0.3) is 5.91 Å². The Morgan fingerprint density at radius 3 is 2.70 bits per heavy atom. The Bertz CT molecular complexity index is 640. The van der Waals surface area contributed by atoms with Gasteiger partial charge < -0.3 is 15.7 Å². The number of thiazole rings is 1. The first-order chi connectivity index (χ1) is 9.54. The van der Waals surface area contributed by atoms with Crippen molar-refractivity contribution in [1.29, 1.82) is 0 Å². The van der Waals surface area contributed by atoms with Gasteiger partial charge >= 0.3 is 5.97 Å². The fourth-order valence-corrected chi connectivity index (χ4v) is 2.34. The Balaban J connectivity index is 2.37. The van der Waals surface area contributed by atoms with Crippen molar-refractivity contribution in [1.82, 2.24) is 4.98 Å². The van der Waals surface area contributed by atoms with Crippen molar-refractivity contribution in [3.05, 3.63) is 40.3 Å². The van der Waals surface area contributed by atoms with Crippen LogP contribution in [-0.4, -0.2) is 28.5 Å². The minimum Gasteiger partial charge on any atom is -0.478 e. The van der Waals surface area contributed by atoms with Gasteiger partial charge in [-0.25, -0.2) is 9.78 Å². The van der Waals surface area contributed by atoms with Gasteiger partial charge in [0, 0.05) is 11.9 Å². The molecular weight excluding hydrogens is 278 g/mol. The second-order valence-corrected chi connectivity index (χ2v) is 4.72. The first kappa shape index (κ1) is 14.0. The van der Waals surface area contributed by atoms with E-state index in [4.69, 9.17) is 10.8 Å². The molecule has 2 rings (SSSR count). The molecule has 3 N–H and O–H groups in total. The number of rotatable bonds is 4. The number of anilines is 2. The molecule has 0 bridgehead atoms. The molecule has 20 heavy (non-hydrogen) atoms. The highest BCUT2D eigenvalue weighted by Crippen LogP contribution is 2.26. The summed E-state index contributed by atoms with van der Waals surface area (Å²) in [5.41, 5.74) is 8.59. The Hall–Kier alpha value is -2.41. The van der Waals surface area contributed by atoms with E-state index in [9.17, 15) is 9.59 Å². The summed E-state index contributed by atoms with van der Waals surface area (Å²) in [6.07, 6.45) is 0. The van der Waals surface area contributed by atoms with Crippen molar-refractivity contribution >= 4 is 34.6 Å². The number of hydrogen-bond donors (Lipinski definition) is 2. The number of nitrogen functional groups attached to an aromatic ring is 1. The molecule has 1 aromatic heterocycles. The number of aromatic nitrogens is 1. The Labute approximate surface area is 119 Å². The maximum absolute atomic E-state index is 12.3. The van der Waals surface area contributed by atoms with Crippen LogP contribution in [0.25, 0.3) is 0 Å². The average molecular weight is 291 g/mol. The number of hydrogen-bond acceptors (Lipinski definition) is 5. The zero-order valence-corrected chi connectivity index (χ0v) is 11.6. The Morgan fingerprint density at radius 2 is 2.20 bits per heavy atom. The van der Waals surface area contributed by atoms with Crippen LogP contribution in [0.1, 0.15) is 27.8 Å². The second kappa shape index (κ2) is 5.70. The number of nitrogens with zero attached hydrogens (tertiary/aromatic N) is 2. The molecular formula is C13H13N3O3S. The van der Waals surface area contributed by atoms with Gasteiger partial charge in [-0.15, -0.1) is 11.3 Å². The Morgan fingerprint density at radius 1 is 1.45 bits per heavy atom. The monoisotopic (exact) mass is 291 g/mol. The lowest BCUT2D eigenvalue weighted by molar-refractivity contribution is 0.0697. The third-order valence-corrected chi connectivity index (χ3v) is 3.36. The van der Waals surface area contributed by atoms with Crippen LogP contribution in [0.5, 0.6) is 0 Å². The van der Waals surface area contributed by atoms with Crippen molar-refractivity contribution in [2.24, 2.45) is 0 Å². The van der Waals surface area contributed by atoms with E-state index in [0.717, 1.165) is 0 Å². The number of carbonyl (C=O) groups is 2. The fourth-order valence-electron chi connectivity index (χ4n) is 1.81. The molecule has 7 heteroatoms. The fraction of sp³-hybridized carbons (Fsp3) is 0.154. The summed E-state index contributed by atoms with van der Waals surface area (Å²) in [7, 11) is 0. The molecule has 0 aliphatic heterocycles. The van der Waals surface area contributed by atoms with E-state index in [2.05, 4.69) is 4.98 Å². The molecule has 0 atom stereocenters. The molecule has 0 aliphatic rings. The summed E-state index contributed by atoms with van der Waals surface area (Å²) in [6, 6.07) is 4.30. The van der Waals surface area contributed by atoms with Crippen molar-refractivity contribution in [3.8, 4) is 0 Å². The number of benzene rings is 1. The lowest BCUT2D eigenvalue weighted by atomic mass is 10.1. The Kier molecular flexibility index (Phi) is 3.99. The summed E-state index contributed by atoms with van der Waals surface area (Å²) in [5, 5.41) is 10.6. The minimum absolute atomic E-state index is 0.0865. The van der Waals surface area contributed by atoms with Crippen LogP contribution < -0.4 is 10.6 Å². The van der Waals surface area contributed by atoms with Gasteiger partial charge in [-0.1, -0.05) is 0 Å². The smallest absolute Gasteiger partial charge is 0.335 e. The van der Waals surface area contributed by atoms with Gasteiger partial charge in [-0.3, -0.25) is 4.79 Å². The summed E-state index contributed by atoms with van der Waals surface area (Å²) >= 11 is 1.33. The number of carboxylic acids is 1. The van der Waals surface area contributed by atoms with Gasteiger partial charge in [0.1, 0.15) is 5.69 Å². The maximum atomic E-state index is 12.3. The third-order valence-electron chi connectivity index (χ3n) is 2.78. The molecule has 0 aliphatic carbocycles. The maximum Gasteiger partial charge on any atom is 0.335 e. The number of amides is 1. The van der Waals surface area contributed by atoms with E-state index in [1.807, 2.05) is 6.92 Å². The third kappa shape index (κ3) is 2.62. The van der Waals surface area contributed by atoms with Crippen LogP contribution in [0.15, 0.2) is 29.1 Å². The molecule has 6 nitrogen and oxygen atoms in total. The molecule has 0 fully saturated rings. The van der Waals surface area contributed by atoms with Crippen molar-refractivity contribution < 1.29 is 14.7 Å². The number of aromatic carboxylic acids is 1. The van der Waals surface area contributed by atoms with Gasteiger partial charge in [-0.05, 0) is 25.1 Å². The first-order valence-corrected chi connectivity index (χ1v) is 6.81. The highest BCUT2D eigenvalue weighted by molar-refractivity contribution is 7.07. The van der Waals surface area contributed by atoms with Gasteiger partial charge in [0.15, 0.2) is 0 Å². The summed E-state index contributed by atoms with van der Waals surface area (Å²) in [5.74, 6) is -1.32. The molecule has 0 saturated heterocycles. The largest absolute Gasteiger partial charge is 0.478 e. The standard InChI is InChI=1S/C13H13N3O3S/c1-2-16(12(17)10-6-20-7-15-10)11-4-3-8(13(18)19)5-9(11)14/h3-7H,2,14H2,1H3,(H,18,19). The lowest BCUT2D eigenvalue weighted by Crippen LogP contribution is -2.31. The van der Waals surface area contributed by atoms with Crippen LogP contribution in [0.4, 0.5) is 11.4 Å². The minimum atomic E-state index is -1.06. The van der Waals surface area contributed by atoms with Crippen molar-refractivity contribution in [2.45, 2.75) is 6.92 Å². The molecule has 0 radical (unpaired) electrons. The molecule has 0 unspecified atom stereocenters. The molecule has 0 spiro atoms. The normalized spacial score (nSPS) is 10.2. The number of carboxylic acid groups (broad SMARTS) is 1. The molecule has 2 aromatic rings. The molecule has 104 valence electrons. The summed E-state index contributed by atoms with van der Waals surface area (Å²) in [4.78, 5) is 28.6. The molecule has 1 aromatic carbocycles. The van der Waals surface area contributed by atoms with Gasteiger partial charge in [-0.2, -0.15) is 0 Å². The van der Waals surface area contributed by atoms with E-state index in [1.165, 1.54) is 34.4 Å². The van der Waals surface area contributed by atoms with Crippen molar-refractivity contribution in [3.63, 3.8) is 0 Å². The predicted octanol–water partition coefficient (Wildman–Crippen LogP) is 2.09. The van der Waals surface area contributed by atoms with Gasteiger partial charge in [0.05, 0.1) is 22.4 Å². The van der Waals surface area contributed by atoms with Gasteiger partial charge in [0.2, 0.25) is 0 Å². The number of nitrogens with two attached hydrogens (primary N) is 1. The zero-order chi connectivity index (χ0) is 14.7. The van der Waals surface area contributed by atoms with E-state index < -0.39 is 5.97 Å². The lowest BCUT2D eigenvalue weighted by Gasteiger charge is -2.22. The highest BCUT2D eigenvalue weighted by Gasteiger charge is 2.20. The summed E-state index contributed by atoms with van der Waals surface area (Å²) in [6.45, 7) is 2.22. The first-order valence-electron chi connectivity index (χ1n) is 5.87. The van der Waals surface area contributed by atoms with Crippen LogP contribution in [-0.2, 0) is 0 Å². The molecule has 1 heterocycles. The second-order valence-electron chi connectivity index (χ2n) is 4.00. The van der Waals surface area contributed by atoms with E-state index >= 15 is 0 Å². The number of carbonyl (C=O) groups excluding carboxylic acids is 1. The van der Waals surface area contributed by atoms with E-state index in [-0.39, 0.29) is 17.2 Å². The quantitative estimate of drug-likeness (QED) is 0.841. The van der Waals surface area contributed by atoms with E-state index in [1.54, 1.807) is 10.9 Å². The molecule has 0 saturated carbocycles. The highest BCUT2D eigenvalue weighted by atomic mass is 32.1. The van der Waals surface area contributed by atoms with Crippen LogP contribution in [0.3, 0.4) is 0 Å². The zero-order valence-electron chi connectivity index (χ0n) is 10.7. The summed E-state index contributed by atoms with van der Waals surface area (Å²) < 4.78 is 0. The SMILES string of the molecule is CCN(C(=O)c1cscn1)c1ccc(C(=O)O)cc1N. The average Bonchev–Trinajstić information content (AvgIpc) is 2.94. The topological polar surface area (TPSA) is 96.5 Å². The van der Waals surface area contributed by atoms with Crippen LogP contribution in [0, 0.1) is 0 Å². The predicted molar refractivity (Wildman–Crippen MR) is 77.3 cm³/mol. The van der Waals surface area contributed by atoms with Crippen LogP contribution >= 0.6 is 11.3 Å². The van der Waals surface area contributed by atoms with E-state index in [0.29, 0.717) is 17.9 Å². The van der Waals surface area contributed by atoms with Crippen molar-refractivity contribution in [2.75, 3.05) is 17.2 Å².